The van der Waals surface area contributed by atoms with E-state index in [0.29, 0.717) is 24.7 Å². The third-order valence-electron chi connectivity index (χ3n) is 3.97. The van der Waals surface area contributed by atoms with Crippen LogP contribution in [0.15, 0.2) is 30.5 Å². The molecule has 0 bridgehead atoms. The molecular weight excluding hydrogens is 338 g/mol. The van der Waals surface area contributed by atoms with Gasteiger partial charge in [-0.3, -0.25) is 0 Å². The van der Waals surface area contributed by atoms with E-state index in [4.69, 9.17) is 4.74 Å². The van der Waals surface area contributed by atoms with Crippen LogP contribution in [0.1, 0.15) is 37.7 Å². The number of nitrogens with one attached hydrogen (secondary N) is 1. The molecular formula is C17H17F4N3O. The summed E-state index contributed by atoms with van der Waals surface area (Å²) in [5.74, 6) is -1.05. The number of hydrogen-bond acceptors (Lipinski definition) is 4. The van der Waals surface area contributed by atoms with Crippen molar-refractivity contribution in [3.05, 3.63) is 41.8 Å². The molecule has 1 N–H and O–H groups in total. The maximum Gasteiger partial charge on any atom is 0.423 e. The molecule has 0 amide bonds. The second-order valence-corrected chi connectivity index (χ2v) is 5.92. The van der Waals surface area contributed by atoms with E-state index in [1.165, 1.54) is 18.2 Å². The summed E-state index contributed by atoms with van der Waals surface area (Å²) in [6.07, 6.45) is 0.0988. The van der Waals surface area contributed by atoms with Crippen LogP contribution in [-0.4, -0.2) is 16.1 Å². The molecule has 25 heavy (non-hydrogen) atoms. The standard InChI is InChI=1S/C17H17F4N3O/c18-11-5-4-6-12(9-11)23-16-22-10-14(17(19,20)21)15(24-16)25-13-7-2-1-3-8-13/h4-6,9-10,13H,1-3,7-8H2,(H,22,23,24). The van der Waals surface area contributed by atoms with Crippen molar-refractivity contribution >= 4 is 11.6 Å². The third-order valence-corrected chi connectivity index (χ3v) is 3.97. The molecule has 0 saturated heterocycles. The van der Waals surface area contributed by atoms with Gasteiger partial charge in [0.1, 0.15) is 17.5 Å². The monoisotopic (exact) mass is 355 g/mol. The highest BCUT2D eigenvalue weighted by atomic mass is 19.4. The predicted molar refractivity (Wildman–Crippen MR) is 84.2 cm³/mol. The number of halogens is 4. The fourth-order valence-corrected chi connectivity index (χ4v) is 2.75. The minimum Gasteiger partial charge on any atom is -0.474 e. The lowest BCUT2D eigenvalue weighted by atomic mass is 9.98. The lowest BCUT2D eigenvalue weighted by Crippen LogP contribution is -2.22. The average Bonchev–Trinajstić information content (AvgIpc) is 2.55. The fraction of sp³-hybridized carbons (Fsp3) is 0.412. The molecule has 134 valence electrons. The molecule has 2 aromatic rings. The van der Waals surface area contributed by atoms with Gasteiger partial charge in [0.2, 0.25) is 11.8 Å². The van der Waals surface area contributed by atoms with Crippen LogP contribution in [0.2, 0.25) is 0 Å². The molecule has 0 spiro atoms. The van der Waals surface area contributed by atoms with Crippen LogP contribution in [0.25, 0.3) is 0 Å². The summed E-state index contributed by atoms with van der Waals surface area (Å²) in [7, 11) is 0. The summed E-state index contributed by atoms with van der Waals surface area (Å²) in [6, 6.07) is 5.49. The zero-order valence-corrected chi connectivity index (χ0v) is 13.3. The maximum absolute atomic E-state index is 13.2. The van der Waals surface area contributed by atoms with Gasteiger partial charge < -0.3 is 10.1 Å². The number of benzene rings is 1. The predicted octanol–water partition coefficient (Wildman–Crippen LogP) is 5.09. The molecule has 4 nitrogen and oxygen atoms in total. The van der Waals surface area contributed by atoms with Crippen molar-refractivity contribution in [2.24, 2.45) is 0 Å². The first-order valence-corrected chi connectivity index (χ1v) is 8.05. The van der Waals surface area contributed by atoms with Crippen LogP contribution in [0.4, 0.5) is 29.2 Å². The van der Waals surface area contributed by atoms with Crippen LogP contribution in [0, 0.1) is 5.82 Å². The summed E-state index contributed by atoms with van der Waals surface area (Å²) in [5.41, 5.74) is -0.675. The summed E-state index contributed by atoms with van der Waals surface area (Å²) in [6.45, 7) is 0. The minimum absolute atomic E-state index is 0.0793. The zero-order valence-electron chi connectivity index (χ0n) is 13.3. The van der Waals surface area contributed by atoms with Gasteiger partial charge in [-0.1, -0.05) is 12.5 Å². The zero-order chi connectivity index (χ0) is 17.9. The van der Waals surface area contributed by atoms with Crippen molar-refractivity contribution in [2.45, 2.75) is 44.4 Å². The lowest BCUT2D eigenvalue weighted by Gasteiger charge is -2.24. The Hall–Kier alpha value is -2.38. The highest BCUT2D eigenvalue weighted by molar-refractivity contribution is 5.53. The lowest BCUT2D eigenvalue weighted by molar-refractivity contribution is -0.140. The number of anilines is 2. The molecule has 1 aromatic heterocycles. The number of hydrogen-bond donors (Lipinski definition) is 1. The first-order valence-electron chi connectivity index (χ1n) is 8.05. The minimum atomic E-state index is -4.61. The number of ether oxygens (including phenoxy) is 1. The van der Waals surface area contributed by atoms with Gasteiger partial charge in [0.25, 0.3) is 0 Å². The Morgan fingerprint density at radius 1 is 1.12 bits per heavy atom. The average molecular weight is 355 g/mol. The van der Waals surface area contributed by atoms with Crippen molar-refractivity contribution in [3.8, 4) is 5.88 Å². The van der Waals surface area contributed by atoms with Gasteiger partial charge in [0.15, 0.2) is 0 Å². The molecule has 1 aliphatic carbocycles. The van der Waals surface area contributed by atoms with Crippen LogP contribution in [-0.2, 0) is 6.18 Å². The summed E-state index contributed by atoms with van der Waals surface area (Å²) >= 11 is 0. The second-order valence-electron chi connectivity index (χ2n) is 5.92. The Morgan fingerprint density at radius 3 is 2.56 bits per heavy atom. The molecule has 1 heterocycles. The molecule has 0 aliphatic heterocycles. The van der Waals surface area contributed by atoms with Crippen molar-refractivity contribution in [1.29, 1.82) is 0 Å². The molecule has 1 aromatic carbocycles. The van der Waals surface area contributed by atoms with E-state index < -0.39 is 23.4 Å². The normalized spacial score (nSPS) is 15.8. The van der Waals surface area contributed by atoms with Gasteiger partial charge in [-0.25, -0.2) is 9.37 Å². The van der Waals surface area contributed by atoms with Crippen molar-refractivity contribution in [1.82, 2.24) is 9.97 Å². The number of aromatic nitrogens is 2. The number of alkyl halides is 3. The number of nitrogens with zero attached hydrogens (tertiary/aromatic N) is 2. The third kappa shape index (κ3) is 4.58. The second kappa shape index (κ2) is 7.25. The Bertz CT molecular complexity index is 730. The Balaban J connectivity index is 1.86. The largest absolute Gasteiger partial charge is 0.474 e. The van der Waals surface area contributed by atoms with Crippen LogP contribution in [0.5, 0.6) is 5.88 Å². The van der Waals surface area contributed by atoms with Gasteiger partial charge in [0.05, 0.1) is 0 Å². The molecule has 0 radical (unpaired) electrons. The highest BCUT2D eigenvalue weighted by Gasteiger charge is 2.37. The van der Waals surface area contributed by atoms with Crippen molar-refractivity contribution in [3.63, 3.8) is 0 Å². The van der Waals surface area contributed by atoms with Gasteiger partial charge in [-0.05, 0) is 43.9 Å². The molecule has 0 unspecified atom stereocenters. The topological polar surface area (TPSA) is 47.0 Å². The first kappa shape index (κ1) is 17.4. The Labute approximate surface area is 142 Å². The van der Waals surface area contributed by atoms with Crippen molar-refractivity contribution < 1.29 is 22.3 Å². The van der Waals surface area contributed by atoms with Gasteiger partial charge in [-0.2, -0.15) is 18.2 Å². The Morgan fingerprint density at radius 2 is 1.88 bits per heavy atom. The smallest absolute Gasteiger partial charge is 0.423 e. The van der Waals surface area contributed by atoms with E-state index in [1.807, 2.05) is 0 Å². The van der Waals surface area contributed by atoms with Crippen molar-refractivity contribution in [2.75, 3.05) is 5.32 Å². The fourth-order valence-electron chi connectivity index (χ4n) is 2.75. The summed E-state index contributed by atoms with van der Waals surface area (Å²) in [5, 5.41) is 2.69. The van der Waals surface area contributed by atoms with Gasteiger partial charge in [0, 0.05) is 11.9 Å². The van der Waals surface area contributed by atoms with Gasteiger partial charge >= 0.3 is 6.18 Å². The van der Waals surface area contributed by atoms with E-state index in [9.17, 15) is 17.6 Å². The quantitative estimate of drug-likeness (QED) is 0.776. The highest BCUT2D eigenvalue weighted by Crippen LogP contribution is 2.36. The van der Waals surface area contributed by atoms with E-state index >= 15 is 0 Å². The molecule has 8 heteroatoms. The molecule has 1 aliphatic rings. The number of rotatable bonds is 4. The van der Waals surface area contributed by atoms with Crippen LogP contribution >= 0.6 is 0 Å². The SMILES string of the molecule is Fc1cccc(Nc2ncc(C(F)(F)F)c(OC3CCCCC3)n2)c1. The van der Waals surface area contributed by atoms with E-state index in [2.05, 4.69) is 15.3 Å². The van der Waals surface area contributed by atoms with Crippen LogP contribution < -0.4 is 10.1 Å². The maximum atomic E-state index is 13.2. The molecule has 1 saturated carbocycles. The molecule has 3 rings (SSSR count). The molecule has 0 atom stereocenters. The summed E-state index contributed by atoms with van der Waals surface area (Å²) in [4.78, 5) is 7.55. The van der Waals surface area contributed by atoms with Crippen LogP contribution in [0.3, 0.4) is 0 Å². The first-order chi connectivity index (χ1) is 11.9. The van der Waals surface area contributed by atoms with E-state index in [1.54, 1.807) is 6.07 Å². The van der Waals surface area contributed by atoms with E-state index in [-0.39, 0.29) is 12.1 Å². The van der Waals surface area contributed by atoms with E-state index in [0.717, 1.165) is 19.3 Å². The molecule has 1 fully saturated rings. The Kier molecular flexibility index (Phi) is 5.06. The van der Waals surface area contributed by atoms with Gasteiger partial charge in [-0.15, -0.1) is 0 Å². The summed E-state index contributed by atoms with van der Waals surface area (Å²) < 4.78 is 58.3.